The lowest BCUT2D eigenvalue weighted by molar-refractivity contribution is 1.42. The number of thiazole rings is 2. The van der Waals surface area contributed by atoms with Crippen molar-refractivity contribution in [3.63, 3.8) is 0 Å². The zero-order valence-electron chi connectivity index (χ0n) is 9.55. The molecule has 1 radical (unpaired) electrons. The maximum Gasteiger partial charge on any atom is 0.153 e. The molecule has 2 heterocycles. The van der Waals surface area contributed by atoms with E-state index in [0.717, 1.165) is 30.4 Å². The van der Waals surface area contributed by atoms with Crippen LogP contribution in [0.3, 0.4) is 0 Å². The Bertz CT molecular complexity index is 862. The molecule has 0 bridgehead atoms. The van der Waals surface area contributed by atoms with Gasteiger partial charge in [-0.1, -0.05) is 17.7 Å². The molecular weight excluding hydrogens is 296 g/mol. The Morgan fingerprint density at radius 1 is 0.947 bits per heavy atom. The van der Waals surface area contributed by atoms with Crippen LogP contribution in [0.5, 0.6) is 0 Å². The quantitative estimate of drug-likeness (QED) is 0.493. The number of fused-ring (bicyclic) bond motifs is 2. The molecule has 0 saturated heterocycles. The smallest absolute Gasteiger partial charge is 0.153 e. The number of aromatic nitrogens is 2. The van der Waals surface area contributed by atoms with Gasteiger partial charge in [0, 0.05) is 5.02 Å². The van der Waals surface area contributed by atoms with Crippen LogP contribution in [0.4, 0.5) is 0 Å². The number of hydrogen-bond acceptors (Lipinski definition) is 4. The van der Waals surface area contributed by atoms with Gasteiger partial charge in [-0.05, 0) is 36.4 Å². The molecule has 0 saturated carbocycles. The topological polar surface area (TPSA) is 25.8 Å². The molecule has 0 spiro atoms. The van der Waals surface area contributed by atoms with Crippen LogP contribution in [0, 0.1) is 6.07 Å². The third-order valence-corrected chi connectivity index (χ3v) is 5.22. The van der Waals surface area contributed by atoms with E-state index in [4.69, 9.17) is 11.6 Å². The average molecular weight is 302 g/mol. The van der Waals surface area contributed by atoms with E-state index >= 15 is 0 Å². The Kier molecular flexibility index (Phi) is 2.55. The van der Waals surface area contributed by atoms with Crippen molar-refractivity contribution in [3.05, 3.63) is 47.5 Å². The highest BCUT2D eigenvalue weighted by Crippen LogP contribution is 2.35. The maximum absolute atomic E-state index is 5.99. The normalized spacial score (nSPS) is 11.4. The Balaban J connectivity index is 1.93. The van der Waals surface area contributed by atoms with Crippen LogP contribution in [0.15, 0.2) is 36.4 Å². The molecule has 0 aliphatic heterocycles. The predicted molar refractivity (Wildman–Crippen MR) is 82.1 cm³/mol. The second-order valence-corrected chi connectivity index (χ2v) is 6.54. The van der Waals surface area contributed by atoms with Gasteiger partial charge in [0.1, 0.15) is 0 Å². The molecular formula is C14H6ClN2S2. The number of hydrogen-bond donors (Lipinski definition) is 0. The van der Waals surface area contributed by atoms with Gasteiger partial charge in [0.2, 0.25) is 0 Å². The van der Waals surface area contributed by atoms with Gasteiger partial charge < -0.3 is 0 Å². The van der Waals surface area contributed by atoms with Crippen molar-refractivity contribution in [1.82, 2.24) is 9.97 Å². The first-order chi connectivity index (χ1) is 9.29. The fraction of sp³-hybridized carbons (Fsp3) is 0. The van der Waals surface area contributed by atoms with E-state index in [0.29, 0.717) is 5.02 Å². The monoisotopic (exact) mass is 301 g/mol. The van der Waals surface area contributed by atoms with Crippen LogP contribution in [0.2, 0.25) is 5.02 Å². The van der Waals surface area contributed by atoms with Gasteiger partial charge in [-0.3, -0.25) is 0 Å². The Labute approximate surface area is 122 Å². The van der Waals surface area contributed by atoms with E-state index in [1.165, 1.54) is 0 Å². The predicted octanol–water partition coefficient (Wildman–Crippen LogP) is 5.03. The average Bonchev–Trinajstić information content (AvgIpc) is 3.00. The summed E-state index contributed by atoms with van der Waals surface area (Å²) in [6.07, 6.45) is 0. The Morgan fingerprint density at radius 2 is 1.68 bits per heavy atom. The summed E-state index contributed by atoms with van der Waals surface area (Å²) in [5, 5.41) is 2.61. The Hall–Kier alpha value is -1.49. The van der Waals surface area contributed by atoms with Crippen LogP contribution in [0.25, 0.3) is 30.4 Å². The summed E-state index contributed by atoms with van der Waals surface area (Å²) in [6.45, 7) is 0. The van der Waals surface area contributed by atoms with Crippen LogP contribution in [-0.4, -0.2) is 9.97 Å². The van der Waals surface area contributed by atoms with Crippen LogP contribution in [0.1, 0.15) is 0 Å². The molecule has 4 aromatic rings. The maximum atomic E-state index is 5.99. The summed E-state index contributed by atoms with van der Waals surface area (Å²) in [4.78, 5) is 9.21. The van der Waals surface area contributed by atoms with E-state index in [9.17, 15) is 0 Å². The van der Waals surface area contributed by atoms with E-state index in [-0.39, 0.29) is 0 Å². The number of nitrogens with zero attached hydrogens (tertiary/aromatic N) is 2. The largest absolute Gasteiger partial charge is 0.233 e. The summed E-state index contributed by atoms with van der Waals surface area (Å²) < 4.78 is 2.29. The zero-order chi connectivity index (χ0) is 12.8. The minimum Gasteiger partial charge on any atom is -0.233 e. The third kappa shape index (κ3) is 1.92. The van der Waals surface area contributed by atoms with Gasteiger partial charge in [0.15, 0.2) is 10.0 Å². The van der Waals surface area contributed by atoms with E-state index < -0.39 is 0 Å². The molecule has 0 amide bonds. The first-order valence-corrected chi connectivity index (χ1v) is 7.64. The second kappa shape index (κ2) is 4.27. The summed E-state index contributed by atoms with van der Waals surface area (Å²) in [7, 11) is 0. The van der Waals surface area contributed by atoms with E-state index in [2.05, 4.69) is 16.0 Å². The van der Waals surface area contributed by atoms with Crippen molar-refractivity contribution in [3.8, 4) is 10.0 Å². The molecule has 0 aliphatic carbocycles. The highest BCUT2D eigenvalue weighted by Gasteiger charge is 2.11. The summed E-state index contributed by atoms with van der Waals surface area (Å²) >= 11 is 9.28. The first kappa shape index (κ1) is 11.3. The van der Waals surface area contributed by atoms with Crippen LogP contribution >= 0.6 is 34.3 Å². The lowest BCUT2D eigenvalue weighted by atomic mass is 10.3. The van der Waals surface area contributed by atoms with Gasteiger partial charge in [-0.2, -0.15) is 0 Å². The molecule has 2 aromatic heterocycles. The van der Waals surface area contributed by atoms with Gasteiger partial charge in [-0.25, -0.2) is 9.97 Å². The highest BCUT2D eigenvalue weighted by molar-refractivity contribution is 7.27. The molecule has 0 atom stereocenters. The number of halogens is 1. The van der Waals surface area contributed by atoms with Gasteiger partial charge in [0.25, 0.3) is 0 Å². The summed E-state index contributed by atoms with van der Waals surface area (Å²) in [6, 6.07) is 14.7. The summed E-state index contributed by atoms with van der Waals surface area (Å²) in [5.74, 6) is 0. The van der Waals surface area contributed by atoms with Crippen LogP contribution < -0.4 is 0 Å². The lowest BCUT2D eigenvalue weighted by Crippen LogP contribution is -1.73. The molecule has 0 fully saturated rings. The van der Waals surface area contributed by atoms with Crippen molar-refractivity contribution in [2.45, 2.75) is 0 Å². The molecule has 0 aliphatic rings. The van der Waals surface area contributed by atoms with Crippen LogP contribution in [-0.2, 0) is 0 Å². The lowest BCUT2D eigenvalue weighted by Gasteiger charge is -1.86. The van der Waals surface area contributed by atoms with E-state index in [1.807, 2.05) is 36.4 Å². The van der Waals surface area contributed by atoms with Crippen molar-refractivity contribution in [1.29, 1.82) is 0 Å². The Morgan fingerprint density at radius 3 is 2.47 bits per heavy atom. The molecule has 5 heteroatoms. The molecule has 19 heavy (non-hydrogen) atoms. The van der Waals surface area contributed by atoms with Crippen molar-refractivity contribution in [2.75, 3.05) is 0 Å². The standard InChI is InChI=1S/C14H6ClN2S2/c15-8-5-6-12-10(7-8)17-14(19-12)13-16-9-3-1-2-4-11(9)18-13/h2-7H. The van der Waals surface area contributed by atoms with Gasteiger partial charge in [-0.15, -0.1) is 22.7 Å². The minimum absolute atomic E-state index is 0.711. The van der Waals surface area contributed by atoms with Gasteiger partial charge in [0.05, 0.1) is 20.4 Å². The fourth-order valence-electron chi connectivity index (χ4n) is 1.90. The van der Waals surface area contributed by atoms with Gasteiger partial charge >= 0.3 is 0 Å². The molecule has 0 N–H and O–H groups in total. The van der Waals surface area contributed by atoms with Crippen molar-refractivity contribution in [2.24, 2.45) is 0 Å². The summed E-state index contributed by atoms with van der Waals surface area (Å²) in [5.41, 5.74) is 1.90. The second-order valence-electron chi connectivity index (χ2n) is 4.04. The molecule has 91 valence electrons. The molecule has 0 unspecified atom stereocenters. The highest BCUT2D eigenvalue weighted by atomic mass is 35.5. The molecule has 2 aromatic carbocycles. The van der Waals surface area contributed by atoms with Crippen molar-refractivity contribution < 1.29 is 0 Å². The first-order valence-electron chi connectivity index (χ1n) is 5.63. The molecule has 4 rings (SSSR count). The number of benzene rings is 2. The fourth-order valence-corrected chi connectivity index (χ4v) is 3.98. The number of rotatable bonds is 1. The zero-order valence-corrected chi connectivity index (χ0v) is 11.9. The van der Waals surface area contributed by atoms with E-state index in [1.54, 1.807) is 22.7 Å². The minimum atomic E-state index is 0.711. The van der Waals surface area contributed by atoms with Crippen molar-refractivity contribution >= 4 is 54.7 Å². The molecule has 2 nitrogen and oxygen atoms in total. The third-order valence-electron chi connectivity index (χ3n) is 2.76. The SMILES string of the molecule is Clc1ccc2sc(-c3nc4c[c]ccc4s3)nc2c1.